The van der Waals surface area contributed by atoms with Gasteiger partial charge in [0.15, 0.2) is 0 Å². The molecule has 254 valence electrons. The average molecular weight is 601 g/mol. The zero-order valence-electron chi connectivity index (χ0n) is 31.2. The Labute approximate surface area is 263 Å². The summed E-state index contributed by atoms with van der Waals surface area (Å²) in [6.45, 7) is 36.9. The summed E-state index contributed by atoms with van der Waals surface area (Å²) >= 11 is 0. The second kappa shape index (κ2) is 16.9. The summed E-state index contributed by atoms with van der Waals surface area (Å²) in [6.07, 6.45) is 6.76. The summed E-state index contributed by atoms with van der Waals surface area (Å²) in [5.41, 5.74) is -2.32. The molecule has 0 fully saturated rings. The van der Waals surface area contributed by atoms with Gasteiger partial charge >= 0.3 is 0 Å². The number of ether oxygens (including phenoxy) is 3. The highest BCUT2D eigenvalue weighted by Crippen LogP contribution is 2.45. The van der Waals surface area contributed by atoms with Crippen LogP contribution in [0.4, 0.5) is 0 Å². The summed E-state index contributed by atoms with van der Waals surface area (Å²) in [6, 6.07) is 0. The van der Waals surface area contributed by atoms with Gasteiger partial charge in [-0.3, -0.25) is 0 Å². The zero-order chi connectivity index (χ0) is 33.2. The molecule has 0 aromatic heterocycles. The smallest absolute Gasteiger partial charge is 0.0824 e. The van der Waals surface area contributed by atoms with Gasteiger partial charge in [-0.15, -0.1) is 0 Å². The largest absolute Gasteiger partial charge is 0.390 e. The minimum Gasteiger partial charge on any atom is -0.390 e. The summed E-state index contributed by atoms with van der Waals surface area (Å²) in [7, 11) is 0. The van der Waals surface area contributed by atoms with Crippen molar-refractivity contribution >= 4 is 0 Å². The van der Waals surface area contributed by atoms with Gasteiger partial charge in [0.2, 0.25) is 0 Å². The second-order valence-corrected chi connectivity index (χ2v) is 18.3. The molecule has 2 N–H and O–H groups in total. The first-order chi connectivity index (χ1) is 18.7. The summed E-state index contributed by atoms with van der Waals surface area (Å²) in [5.74, 6) is 2.17. The van der Waals surface area contributed by atoms with Crippen molar-refractivity contribution in [2.24, 2.45) is 34.5 Å². The van der Waals surface area contributed by atoms with Crippen LogP contribution < -0.4 is 0 Å². The van der Waals surface area contributed by atoms with Crippen LogP contribution >= 0.6 is 0 Å². The Morgan fingerprint density at radius 2 is 0.810 bits per heavy atom. The van der Waals surface area contributed by atoms with Gasteiger partial charge in [-0.1, -0.05) is 55.4 Å². The fourth-order valence-electron chi connectivity index (χ4n) is 7.60. The fourth-order valence-corrected chi connectivity index (χ4v) is 7.60. The van der Waals surface area contributed by atoms with Gasteiger partial charge in [-0.05, 0) is 135 Å². The molecule has 5 nitrogen and oxygen atoms in total. The molecular weight excluding hydrogens is 524 g/mol. The third kappa shape index (κ3) is 20.0. The highest BCUT2D eigenvalue weighted by molar-refractivity contribution is 4.92. The lowest BCUT2D eigenvalue weighted by atomic mass is 9.68. The van der Waals surface area contributed by atoms with Crippen LogP contribution in [0.25, 0.3) is 0 Å². The lowest BCUT2D eigenvalue weighted by Crippen LogP contribution is -2.44. The average Bonchev–Trinajstić information content (AvgIpc) is 2.67. The zero-order valence-corrected chi connectivity index (χ0v) is 31.2. The molecule has 0 rings (SSSR count). The van der Waals surface area contributed by atoms with Crippen LogP contribution in [-0.4, -0.2) is 59.0 Å². The van der Waals surface area contributed by atoms with Crippen molar-refractivity contribution < 1.29 is 24.4 Å². The predicted octanol–water partition coefficient (Wildman–Crippen LogP) is 9.46. The standard InChI is InChI=1S/C37H76O5/c1-28(2)19-36(20-29(3)4,23-34(13,14)41-18-17-32(9,10)38)26-40-27-37(21-30(5)6,22-31(7)8)24-35(15,16)42-25-33(11,12)39/h28-31,38-39H,17-27H2,1-16H3. The van der Waals surface area contributed by atoms with Crippen molar-refractivity contribution in [3.05, 3.63) is 0 Å². The first-order valence-corrected chi connectivity index (χ1v) is 17.0. The van der Waals surface area contributed by atoms with E-state index in [-0.39, 0.29) is 22.0 Å². The van der Waals surface area contributed by atoms with Crippen LogP contribution in [0.2, 0.25) is 0 Å². The first kappa shape index (κ1) is 41.8. The molecule has 0 aliphatic heterocycles. The van der Waals surface area contributed by atoms with Gasteiger partial charge in [0.1, 0.15) is 0 Å². The second-order valence-electron chi connectivity index (χ2n) is 18.3. The lowest BCUT2D eigenvalue weighted by molar-refractivity contribution is -0.130. The van der Waals surface area contributed by atoms with Crippen molar-refractivity contribution in [1.82, 2.24) is 0 Å². The van der Waals surface area contributed by atoms with Crippen molar-refractivity contribution in [1.29, 1.82) is 0 Å². The lowest BCUT2D eigenvalue weighted by Gasteiger charge is -2.45. The fraction of sp³-hybridized carbons (Fsp3) is 1.00. The Morgan fingerprint density at radius 1 is 0.476 bits per heavy atom. The van der Waals surface area contributed by atoms with Crippen LogP contribution in [0.1, 0.15) is 156 Å². The van der Waals surface area contributed by atoms with Crippen molar-refractivity contribution in [2.45, 2.75) is 178 Å². The molecule has 0 aliphatic rings. The van der Waals surface area contributed by atoms with Crippen LogP contribution in [0, 0.1) is 34.5 Å². The molecule has 0 aliphatic carbocycles. The Kier molecular flexibility index (Phi) is 16.8. The van der Waals surface area contributed by atoms with E-state index in [4.69, 9.17) is 14.2 Å². The normalized spacial score (nSPS) is 14.7. The molecule has 0 heterocycles. The van der Waals surface area contributed by atoms with E-state index in [2.05, 4.69) is 83.1 Å². The molecule has 42 heavy (non-hydrogen) atoms. The number of aliphatic hydroxyl groups is 2. The van der Waals surface area contributed by atoms with E-state index in [1.165, 1.54) is 0 Å². The first-order valence-electron chi connectivity index (χ1n) is 17.0. The SMILES string of the molecule is CC(C)CC(COCC(CC(C)C)(CC(C)C)CC(C)(C)OCC(C)(C)O)(CC(C)C)CC(C)(C)OCCC(C)(C)O. The van der Waals surface area contributed by atoms with E-state index in [1.54, 1.807) is 13.8 Å². The number of hydrogen-bond acceptors (Lipinski definition) is 5. The Balaban J connectivity index is 6.21. The van der Waals surface area contributed by atoms with Gasteiger partial charge in [-0.25, -0.2) is 0 Å². The maximum Gasteiger partial charge on any atom is 0.0824 e. The minimum absolute atomic E-state index is 0.00506. The van der Waals surface area contributed by atoms with Gasteiger partial charge in [0.25, 0.3) is 0 Å². The predicted molar refractivity (Wildman–Crippen MR) is 180 cm³/mol. The van der Waals surface area contributed by atoms with E-state index >= 15 is 0 Å². The minimum atomic E-state index is -0.859. The Morgan fingerprint density at radius 3 is 1.10 bits per heavy atom. The van der Waals surface area contributed by atoms with Gasteiger partial charge < -0.3 is 24.4 Å². The molecule has 0 saturated heterocycles. The molecule has 0 unspecified atom stereocenters. The molecule has 5 heteroatoms. The maximum absolute atomic E-state index is 10.4. The molecule has 0 aromatic rings. The maximum atomic E-state index is 10.4. The third-order valence-electron chi connectivity index (χ3n) is 7.81. The van der Waals surface area contributed by atoms with Gasteiger partial charge in [0, 0.05) is 0 Å². The van der Waals surface area contributed by atoms with E-state index in [0.717, 1.165) is 38.5 Å². The number of rotatable bonds is 23. The van der Waals surface area contributed by atoms with Crippen LogP contribution in [0.15, 0.2) is 0 Å². The third-order valence-corrected chi connectivity index (χ3v) is 7.81. The van der Waals surface area contributed by atoms with Crippen LogP contribution in [-0.2, 0) is 14.2 Å². The molecular formula is C37H76O5. The molecule has 0 aromatic carbocycles. The molecule has 0 atom stereocenters. The van der Waals surface area contributed by atoms with Gasteiger partial charge in [-0.2, -0.15) is 0 Å². The molecule has 0 saturated carbocycles. The monoisotopic (exact) mass is 601 g/mol. The topological polar surface area (TPSA) is 68.2 Å². The molecule has 0 radical (unpaired) electrons. The van der Waals surface area contributed by atoms with Crippen LogP contribution in [0.5, 0.6) is 0 Å². The summed E-state index contributed by atoms with van der Waals surface area (Å²) < 4.78 is 19.8. The van der Waals surface area contributed by atoms with E-state index in [1.807, 2.05) is 13.8 Å². The summed E-state index contributed by atoms with van der Waals surface area (Å²) in [4.78, 5) is 0. The number of hydrogen-bond donors (Lipinski definition) is 2. The Bertz CT molecular complexity index is 701. The van der Waals surface area contributed by atoms with Gasteiger partial charge in [0.05, 0.1) is 48.8 Å². The van der Waals surface area contributed by atoms with E-state index < -0.39 is 11.2 Å². The van der Waals surface area contributed by atoms with Crippen molar-refractivity contribution in [2.75, 3.05) is 26.4 Å². The Hall–Kier alpha value is -0.200. The summed E-state index contributed by atoms with van der Waals surface area (Å²) in [5, 5.41) is 20.6. The van der Waals surface area contributed by atoms with E-state index in [9.17, 15) is 10.2 Å². The van der Waals surface area contributed by atoms with Crippen LogP contribution in [0.3, 0.4) is 0 Å². The van der Waals surface area contributed by atoms with E-state index in [0.29, 0.717) is 56.5 Å². The van der Waals surface area contributed by atoms with Crippen molar-refractivity contribution in [3.8, 4) is 0 Å². The van der Waals surface area contributed by atoms with Crippen molar-refractivity contribution in [3.63, 3.8) is 0 Å². The quantitative estimate of drug-likeness (QED) is 0.122. The highest BCUT2D eigenvalue weighted by atomic mass is 16.5. The molecule has 0 amide bonds. The molecule has 0 bridgehead atoms. The highest BCUT2D eigenvalue weighted by Gasteiger charge is 2.42. The molecule has 0 spiro atoms.